The highest BCUT2D eigenvalue weighted by molar-refractivity contribution is 5.89. The fraction of sp³-hybridized carbons (Fsp3) is 0.333. The molecule has 0 aliphatic rings. The monoisotopic (exact) mass is 288 g/mol. The van der Waals surface area contributed by atoms with Gasteiger partial charge in [0.25, 0.3) is 0 Å². The Balaban J connectivity index is 2.44. The van der Waals surface area contributed by atoms with Crippen LogP contribution in [0, 0.1) is 5.92 Å². The summed E-state index contributed by atoms with van der Waals surface area (Å²) in [6, 6.07) is 4.75. The highest BCUT2D eigenvalue weighted by Crippen LogP contribution is 2.17. The van der Waals surface area contributed by atoms with Crippen LogP contribution in [0.3, 0.4) is 0 Å². The Morgan fingerprint density at radius 1 is 1.30 bits per heavy atom. The second-order valence-corrected chi connectivity index (χ2v) is 3.98. The maximum Gasteiger partial charge on any atom is 0.387 e. The molecule has 0 saturated carbocycles. The van der Waals surface area contributed by atoms with E-state index >= 15 is 0 Å². The maximum atomic E-state index is 11.9. The number of hydrogen-bond acceptors (Lipinski definition) is 3. The molecule has 0 bridgehead atoms. The van der Waals surface area contributed by atoms with Crippen LogP contribution in [-0.2, 0) is 4.79 Å². The topological polar surface area (TPSA) is 87.7 Å². The molecule has 1 aromatic carbocycles. The smallest absolute Gasteiger partial charge is 0.387 e. The summed E-state index contributed by atoms with van der Waals surface area (Å²) < 4.78 is 28.0. The molecule has 20 heavy (non-hydrogen) atoms. The third-order valence-electron chi connectivity index (χ3n) is 2.33. The number of amides is 2. The minimum atomic E-state index is -2.91. The van der Waals surface area contributed by atoms with E-state index in [9.17, 15) is 18.4 Å². The molecule has 0 spiro atoms. The summed E-state index contributed by atoms with van der Waals surface area (Å²) in [5.74, 6) is -1.74. The molecular formula is C12H14F2N2O4. The van der Waals surface area contributed by atoms with Crippen LogP contribution in [0.4, 0.5) is 19.3 Å². The van der Waals surface area contributed by atoms with Gasteiger partial charge in [-0.1, -0.05) is 6.92 Å². The molecule has 1 unspecified atom stereocenters. The van der Waals surface area contributed by atoms with Gasteiger partial charge in [0.15, 0.2) is 0 Å². The number of rotatable bonds is 6. The van der Waals surface area contributed by atoms with Gasteiger partial charge in [-0.2, -0.15) is 8.78 Å². The first-order valence-electron chi connectivity index (χ1n) is 5.71. The summed E-state index contributed by atoms with van der Waals surface area (Å²) in [5.41, 5.74) is 0.368. The molecular weight excluding hydrogens is 274 g/mol. The predicted molar refractivity (Wildman–Crippen MR) is 66.9 cm³/mol. The Hall–Kier alpha value is -2.38. The van der Waals surface area contributed by atoms with Gasteiger partial charge in [0, 0.05) is 12.2 Å². The predicted octanol–water partition coefficient (Wildman–Crippen LogP) is 2.13. The zero-order valence-electron chi connectivity index (χ0n) is 10.6. The summed E-state index contributed by atoms with van der Waals surface area (Å²) in [6.07, 6.45) is 0. The molecule has 8 heteroatoms. The number of ether oxygens (including phenoxy) is 1. The van der Waals surface area contributed by atoms with Crippen LogP contribution in [0.15, 0.2) is 24.3 Å². The number of urea groups is 1. The van der Waals surface area contributed by atoms with Gasteiger partial charge in [-0.25, -0.2) is 4.79 Å². The summed E-state index contributed by atoms with van der Waals surface area (Å²) >= 11 is 0. The van der Waals surface area contributed by atoms with Crippen LogP contribution < -0.4 is 15.4 Å². The van der Waals surface area contributed by atoms with Gasteiger partial charge in [0.05, 0.1) is 5.92 Å². The van der Waals surface area contributed by atoms with Crippen LogP contribution in [0.2, 0.25) is 0 Å². The first-order valence-corrected chi connectivity index (χ1v) is 5.71. The van der Waals surface area contributed by atoms with Crippen molar-refractivity contribution in [2.75, 3.05) is 11.9 Å². The van der Waals surface area contributed by atoms with Gasteiger partial charge in [-0.05, 0) is 24.3 Å². The Morgan fingerprint density at radius 2 is 1.90 bits per heavy atom. The number of carboxylic acids is 1. The lowest BCUT2D eigenvalue weighted by Gasteiger charge is -2.10. The van der Waals surface area contributed by atoms with E-state index in [0.717, 1.165) is 0 Å². The molecule has 1 atom stereocenters. The first kappa shape index (κ1) is 15.7. The number of carbonyl (C=O) groups excluding carboxylic acids is 1. The number of halogens is 2. The Kier molecular flexibility index (Phi) is 5.70. The molecule has 0 aromatic heterocycles. The van der Waals surface area contributed by atoms with E-state index in [1.165, 1.54) is 31.2 Å². The third-order valence-corrected chi connectivity index (χ3v) is 2.33. The molecule has 0 fully saturated rings. The molecule has 6 nitrogen and oxygen atoms in total. The average Bonchev–Trinajstić information content (AvgIpc) is 2.37. The van der Waals surface area contributed by atoms with E-state index < -0.39 is 24.5 Å². The molecule has 0 saturated heterocycles. The van der Waals surface area contributed by atoms with E-state index in [0.29, 0.717) is 5.69 Å². The highest BCUT2D eigenvalue weighted by Gasteiger charge is 2.12. The lowest BCUT2D eigenvalue weighted by molar-refractivity contribution is -0.140. The lowest BCUT2D eigenvalue weighted by atomic mass is 10.2. The van der Waals surface area contributed by atoms with Crippen molar-refractivity contribution < 1.29 is 28.2 Å². The first-order chi connectivity index (χ1) is 9.38. The molecule has 0 radical (unpaired) electrons. The van der Waals surface area contributed by atoms with Crippen LogP contribution in [-0.4, -0.2) is 30.3 Å². The molecule has 1 rings (SSSR count). The van der Waals surface area contributed by atoms with E-state index in [2.05, 4.69) is 15.4 Å². The number of carbonyl (C=O) groups is 2. The number of aliphatic carboxylic acids is 1. The van der Waals surface area contributed by atoms with Crippen LogP contribution >= 0.6 is 0 Å². The minimum absolute atomic E-state index is 0.0201. The SMILES string of the molecule is CC(CNC(=O)Nc1ccc(OC(F)F)cc1)C(=O)O. The van der Waals surface area contributed by atoms with E-state index in [-0.39, 0.29) is 12.3 Å². The van der Waals surface area contributed by atoms with Gasteiger partial charge < -0.3 is 20.5 Å². The number of hydrogen-bond donors (Lipinski definition) is 3. The van der Waals surface area contributed by atoms with Crippen LogP contribution in [0.1, 0.15) is 6.92 Å². The molecule has 0 heterocycles. The summed E-state index contributed by atoms with van der Waals surface area (Å²) in [5, 5.41) is 13.4. The van der Waals surface area contributed by atoms with Gasteiger partial charge in [0.1, 0.15) is 5.75 Å². The normalized spacial score (nSPS) is 11.8. The van der Waals surface area contributed by atoms with Crippen molar-refractivity contribution in [1.82, 2.24) is 5.32 Å². The summed E-state index contributed by atoms with van der Waals surface area (Å²) in [4.78, 5) is 22.0. The quantitative estimate of drug-likeness (QED) is 0.748. The van der Waals surface area contributed by atoms with Crippen molar-refractivity contribution in [2.45, 2.75) is 13.5 Å². The van der Waals surface area contributed by atoms with E-state index in [1.54, 1.807) is 0 Å². The molecule has 2 amide bonds. The highest BCUT2D eigenvalue weighted by atomic mass is 19.3. The Bertz CT molecular complexity index is 465. The second-order valence-electron chi connectivity index (χ2n) is 3.98. The summed E-state index contributed by atoms with van der Waals surface area (Å²) in [6.45, 7) is -1.47. The standard InChI is InChI=1S/C12H14F2N2O4/c1-7(10(17)18)6-15-12(19)16-8-2-4-9(5-3-8)20-11(13)14/h2-5,7,11H,6H2,1H3,(H,17,18)(H2,15,16,19). The van der Waals surface area contributed by atoms with E-state index in [1.807, 2.05) is 0 Å². The fourth-order valence-electron chi connectivity index (χ4n) is 1.23. The van der Waals surface area contributed by atoms with Crippen molar-refractivity contribution in [3.8, 4) is 5.75 Å². The maximum absolute atomic E-state index is 11.9. The van der Waals surface area contributed by atoms with Crippen molar-refractivity contribution in [2.24, 2.45) is 5.92 Å². The number of carboxylic acid groups (broad SMARTS) is 1. The molecule has 110 valence electrons. The third kappa shape index (κ3) is 5.51. The number of nitrogens with one attached hydrogen (secondary N) is 2. The number of alkyl halides is 2. The van der Waals surface area contributed by atoms with Crippen molar-refractivity contribution in [1.29, 1.82) is 0 Å². The molecule has 0 aliphatic heterocycles. The summed E-state index contributed by atoms with van der Waals surface area (Å²) in [7, 11) is 0. The minimum Gasteiger partial charge on any atom is -0.481 e. The van der Waals surface area contributed by atoms with Crippen molar-refractivity contribution in [3.05, 3.63) is 24.3 Å². The van der Waals surface area contributed by atoms with Crippen molar-refractivity contribution in [3.63, 3.8) is 0 Å². The van der Waals surface area contributed by atoms with Gasteiger partial charge in [-0.15, -0.1) is 0 Å². The molecule has 1 aromatic rings. The Morgan fingerprint density at radius 3 is 2.40 bits per heavy atom. The number of anilines is 1. The molecule has 3 N–H and O–H groups in total. The zero-order chi connectivity index (χ0) is 15.1. The average molecular weight is 288 g/mol. The van der Waals surface area contributed by atoms with Crippen molar-refractivity contribution >= 4 is 17.7 Å². The van der Waals surface area contributed by atoms with Gasteiger partial charge in [0.2, 0.25) is 0 Å². The fourth-order valence-corrected chi connectivity index (χ4v) is 1.23. The number of benzene rings is 1. The van der Waals surface area contributed by atoms with Crippen LogP contribution in [0.25, 0.3) is 0 Å². The largest absolute Gasteiger partial charge is 0.481 e. The van der Waals surface area contributed by atoms with Gasteiger partial charge in [-0.3, -0.25) is 4.79 Å². The lowest BCUT2D eigenvalue weighted by Crippen LogP contribution is -2.34. The van der Waals surface area contributed by atoms with Gasteiger partial charge >= 0.3 is 18.6 Å². The van der Waals surface area contributed by atoms with Crippen LogP contribution in [0.5, 0.6) is 5.75 Å². The van der Waals surface area contributed by atoms with E-state index in [4.69, 9.17) is 5.11 Å². The zero-order valence-corrected chi connectivity index (χ0v) is 10.6. The Labute approximate surface area is 113 Å². The molecule has 0 aliphatic carbocycles. The second kappa shape index (κ2) is 7.27.